The van der Waals surface area contributed by atoms with E-state index in [4.69, 9.17) is 0 Å². The minimum absolute atomic E-state index is 0.00824. The largest absolute Gasteiger partial charge is 0.350 e. The number of rotatable bonds is 4. The first kappa shape index (κ1) is 17.0. The number of hydrogen-bond acceptors (Lipinski definition) is 3. The average molecular weight is 360 g/mol. The normalized spacial score (nSPS) is 13.6. The maximum absolute atomic E-state index is 12.2. The molecule has 0 saturated carbocycles. The van der Waals surface area contributed by atoms with Gasteiger partial charge in [-0.3, -0.25) is 9.59 Å². The van der Waals surface area contributed by atoms with Crippen molar-refractivity contribution in [1.82, 2.24) is 14.9 Å². The van der Waals surface area contributed by atoms with Crippen molar-refractivity contribution in [3.63, 3.8) is 0 Å². The van der Waals surface area contributed by atoms with E-state index in [1.54, 1.807) is 12.3 Å². The molecule has 0 aliphatic carbocycles. The van der Waals surface area contributed by atoms with Crippen molar-refractivity contribution < 1.29 is 9.59 Å². The number of aryl methyl sites for hydroxylation is 2. The van der Waals surface area contributed by atoms with Gasteiger partial charge >= 0.3 is 0 Å². The summed E-state index contributed by atoms with van der Waals surface area (Å²) >= 11 is 0. The lowest BCUT2D eigenvalue weighted by atomic mass is 10.0. The second-order valence-electron chi connectivity index (χ2n) is 6.66. The molecule has 0 fully saturated rings. The number of fused-ring (bicyclic) bond motifs is 2. The summed E-state index contributed by atoms with van der Waals surface area (Å²) in [5.41, 5.74) is 4.06. The molecule has 1 aliphatic rings. The van der Waals surface area contributed by atoms with E-state index in [9.17, 15) is 9.59 Å². The van der Waals surface area contributed by atoms with Gasteiger partial charge in [-0.25, -0.2) is 4.98 Å². The SMILES string of the molecule is Cn1cc(CNC(=O)/C=C/c2cnc3c(c2)CCC(=O)N3)c2ccccc21. The molecule has 0 spiro atoms. The van der Waals surface area contributed by atoms with Crippen LogP contribution in [0.25, 0.3) is 17.0 Å². The number of benzene rings is 1. The highest BCUT2D eigenvalue weighted by molar-refractivity contribution is 5.94. The van der Waals surface area contributed by atoms with E-state index in [1.165, 1.54) is 6.08 Å². The molecular weight excluding hydrogens is 340 g/mol. The zero-order valence-corrected chi connectivity index (χ0v) is 15.0. The Morgan fingerprint density at radius 3 is 3.07 bits per heavy atom. The van der Waals surface area contributed by atoms with Crippen LogP contribution < -0.4 is 10.6 Å². The fourth-order valence-corrected chi connectivity index (χ4v) is 3.35. The molecule has 2 amide bonds. The molecule has 4 rings (SSSR count). The van der Waals surface area contributed by atoms with Crippen molar-refractivity contribution in [3.8, 4) is 0 Å². The first-order chi connectivity index (χ1) is 13.1. The predicted molar refractivity (Wildman–Crippen MR) is 105 cm³/mol. The van der Waals surface area contributed by atoms with Gasteiger partial charge in [-0.2, -0.15) is 0 Å². The van der Waals surface area contributed by atoms with Gasteiger partial charge in [0.05, 0.1) is 0 Å². The topological polar surface area (TPSA) is 76.0 Å². The van der Waals surface area contributed by atoms with Gasteiger partial charge in [-0.15, -0.1) is 0 Å². The van der Waals surface area contributed by atoms with Gasteiger partial charge in [0, 0.05) is 49.4 Å². The van der Waals surface area contributed by atoms with Gasteiger partial charge in [0.2, 0.25) is 11.8 Å². The van der Waals surface area contributed by atoms with E-state index in [1.807, 2.05) is 31.4 Å². The van der Waals surface area contributed by atoms with Gasteiger partial charge in [0.15, 0.2) is 0 Å². The number of amides is 2. The molecule has 0 radical (unpaired) electrons. The molecule has 27 heavy (non-hydrogen) atoms. The third kappa shape index (κ3) is 3.60. The Hall–Kier alpha value is -3.41. The fraction of sp³-hybridized carbons (Fsp3) is 0.190. The van der Waals surface area contributed by atoms with E-state index >= 15 is 0 Å². The molecule has 0 saturated heterocycles. The Bertz CT molecular complexity index is 1070. The summed E-state index contributed by atoms with van der Waals surface area (Å²) in [5.74, 6) is 0.448. The molecule has 6 nitrogen and oxygen atoms in total. The third-order valence-electron chi connectivity index (χ3n) is 4.73. The number of anilines is 1. The van der Waals surface area contributed by atoms with Crippen LogP contribution in [0.15, 0.2) is 48.8 Å². The zero-order valence-electron chi connectivity index (χ0n) is 15.0. The van der Waals surface area contributed by atoms with Crippen LogP contribution >= 0.6 is 0 Å². The van der Waals surface area contributed by atoms with Crippen LogP contribution in [-0.4, -0.2) is 21.4 Å². The summed E-state index contributed by atoms with van der Waals surface area (Å²) in [6.45, 7) is 0.471. The highest BCUT2D eigenvalue weighted by Gasteiger charge is 2.15. The van der Waals surface area contributed by atoms with E-state index in [0.29, 0.717) is 25.2 Å². The smallest absolute Gasteiger partial charge is 0.244 e. The number of aromatic nitrogens is 2. The van der Waals surface area contributed by atoms with Crippen molar-refractivity contribution in [1.29, 1.82) is 0 Å². The Kier molecular flexibility index (Phi) is 4.46. The number of hydrogen-bond donors (Lipinski definition) is 2. The predicted octanol–water partition coefficient (Wildman–Crippen LogP) is 2.79. The third-order valence-corrected chi connectivity index (χ3v) is 4.73. The number of carbonyl (C=O) groups is 2. The van der Waals surface area contributed by atoms with Crippen molar-refractivity contribution in [3.05, 3.63) is 65.5 Å². The lowest BCUT2D eigenvalue weighted by Crippen LogP contribution is -2.20. The summed E-state index contributed by atoms with van der Waals surface area (Å²) in [6.07, 6.45) is 8.07. The van der Waals surface area contributed by atoms with Crippen molar-refractivity contribution in [2.75, 3.05) is 5.32 Å². The molecule has 1 aliphatic heterocycles. The molecule has 1 aromatic carbocycles. The van der Waals surface area contributed by atoms with E-state index in [0.717, 1.165) is 27.6 Å². The maximum Gasteiger partial charge on any atom is 0.244 e. The van der Waals surface area contributed by atoms with Crippen molar-refractivity contribution >= 4 is 34.6 Å². The van der Waals surface area contributed by atoms with Crippen LogP contribution in [0.3, 0.4) is 0 Å². The Morgan fingerprint density at radius 2 is 2.19 bits per heavy atom. The molecule has 0 atom stereocenters. The maximum atomic E-state index is 12.2. The summed E-state index contributed by atoms with van der Waals surface area (Å²) in [4.78, 5) is 27.8. The first-order valence-electron chi connectivity index (χ1n) is 8.88. The van der Waals surface area contributed by atoms with Gasteiger partial charge in [0.1, 0.15) is 5.82 Å². The Balaban J connectivity index is 1.41. The Morgan fingerprint density at radius 1 is 1.33 bits per heavy atom. The van der Waals surface area contributed by atoms with Gasteiger partial charge < -0.3 is 15.2 Å². The monoisotopic (exact) mass is 360 g/mol. The lowest BCUT2D eigenvalue weighted by molar-refractivity contribution is -0.117. The number of para-hydroxylation sites is 1. The number of nitrogens with one attached hydrogen (secondary N) is 2. The first-order valence-corrected chi connectivity index (χ1v) is 8.88. The highest BCUT2D eigenvalue weighted by atomic mass is 16.2. The standard InChI is InChI=1S/C21H20N4O2/c1-25-13-16(17-4-2-3-5-18(17)25)12-22-19(26)8-6-14-10-15-7-9-20(27)24-21(15)23-11-14/h2-6,8,10-11,13H,7,9,12H2,1H3,(H,22,26)(H,23,24,27)/b8-6+. The van der Waals surface area contributed by atoms with Crippen molar-refractivity contribution in [2.45, 2.75) is 19.4 Å². The van der Waals surface area contributed by atoms with E-state index in [2.05, 4.69) is 32.3 Å². The molecule has 3 heterocycles. The van der Waals surface area contributed by atoms with Crippen molar-refractivity contribution in [2.24, 2.45) is 7.05 Å². The van der Waals surface area contributed by atoms with Crippen LogP contribution in [0.4, 0.5) is 5.82 Å². The summed E-state index contributed by atoms with van der Waals surface area (Å²) in [7, 11) is 2.00. The summed E-state index contributed by atoms with van der Waals surface area (Å²) in [5, 5.41) is 6.82. The quantitative estimate of drug-likeness (QED) is 0.703. The second-order valence-corrected chi connectivity index (χ2v) is 6.66. The molecule has 0 bridgehead atoms. The van der Waals surface area contributed by atoms with Gasteiger partial charge in [-0.05, 0) is 41.3 Å². The molecule has 136 valence electrons. The highest BCUT2D eigenvalue weighted by Crippen LogP contribution is 2.22. The minimum atomic E-state index is -0.158. The van der Waals surface area contributed by atoms with Crippen LogP contribution in [0.2, 0.25) is 0 Å². The number of nitrogens with zero attached hydrogens (tertiary/aromatic N) is 2. The van der Waals surface area contributed by atoms with Gasteiger partial charge in [0.25, 0.3) is 0 Å². The molecule has 0 unspecified atom stereocenters. The molecule has 6 heteroatoms. The van der Waals surface area contributed by atoms with E-state index in [-0.39, 0.29) is 11.8 Å². The Labute approximate surface area is 156 Å². The van der Waals surface area contributed by atoms with Crippen LogP contribution in [0, 0.1) is 0 Å². The lowest BCUT2D eigenvalue weighted by Gasteiger charge is -2.15. The zero-order chi connectivity index (χ0) is 18.8. The summed E-state index contributed by atoms with van der Waals surface area (Å²) in [6, 6.07) is 10.1. The van der Waals surface area contributed by atoms with Crippen LogP contribution in [0.5, 0.6) is 0 Å². The minimum Gasteiger partial charge on any atom is -0.350 e. The molecule has 2 N–H and O–H groups in total. The van der Waals surface area contributed by atoms with Crippen LogP contribution in [-0.2, 0) is 29.6 Å². The summed E-state index contributed by atoms with van der Waals surface area (Å²) < 4.78 is 2.06. The molecular formula is C21H20N4O2. The average Bonchev–Trinajstić information content (AvgIpc) is 3.01. The molecule has 2 aromatic heterocycles. The van der Waals surface area contributed by atoms with E-state index < -0.39 is 0 Å². The number of pyridine rings is 1. The molecule has 3 aromatic rings. The second kappa shape index (κ2) is 7.07. The number of carbonyl (C=O) groups excluding carboxylic acids is 2. The van der Waals surface area contributed by atoms with Crippen LogP contribution in [0.1, 0.15) is 23.1 Å². The van der Waals surface area contributed by atoms with Gasteiger partial charge in [-0.1, -0.05) is 18.2 Å². The fourth-order valence-electron chi connectivity index (χ4n) is 3.35.